The molecule has 0 amide bonds. The molecule has 1 fully saturated rings. The number of ketones is 1. The minimum Gasteiger partial charge on any atom is -0.358 e. The molecular weight excluding hydrogens is 312 g/mol. The van der Waals surface area contributed by atoms with Crippen LogP contribution in [0.1, 0.15) is 54.2 Å². The molecule has 25 heavy (non-hydrogen) atoms. The van der Waals surface area contributed by atoms with Crippen LogP contribution in [-0.2, 0) is 11.2 Å². The first-order valence-corrected chi connectivity index (χ1v) is 9.00. The molecule has 1 aliphatic heterocycles. The zero-order valence-electron chi connectivity index (χ0n) is 14.4. The second-order valence-electron chi connectivity index (χ2n) is 6.49. The van der Waals surface area contributed by atoms with Gasteiger partial charge in [-0.05, 0) is 43.4 Å². The van der Waals surface area contributed by atoms with Crippen LogP contribution in [0.3, 0.4) is 0 Å². The highest BCUT2D eigenvalue weighted by Gasteiger charge is 2.26. The van der Waals surface area contributed by atoms with Crippen LogP contribution in [0, 0.1) is 0 Å². The lowest BCUT2D eigenvalue weighted by Gasteiger charge is -2.25. The average molecular weight is 334 g/mol. The number of fused-ring (bicyclic) bond motifs is 1. The second-order valence-corrected chi connectivity index (χ2v) is 6.49. The molecule has 4 heteroatoms. The fourth-order valence-electron chi connectivity index (χ4n) is 3.44. The maximum absolute atomic E-state index is 13.1. The Hall–Kier alpha value is -2.46. The summed E-state index contributed by atoms with van der Waals surface area (Å²) in [5, 5.41) is 0. The van der Waals surface area contributed by atoms with E-state index in [0.29, 0.717) is 11.4 Å². The highest BCUT2D eigenvalue weighted by molar-refractivity contribution is 6.08. The Kier molecular flexibility index (Phi) is 4.36. The monoisotopic (exact) mass is 334 g/mol. The van der Waals surface area contributed by atoms with Crippen LogP contribution in [0.15, 0.2) is 48.5 Å². The third-order valence-corrected chi connectivity index (χ3v) is 4.87. The zero-order chi connectivity index (χ0) is 17.2. The molecule has 1 atom stereocenters. The number of aromatic nitrogens is 2. The summed E-state index contributed by atoms with van der Waals surface area (Å²) >= 11 is 0. The lowest BCUT2D eigenvalue weighted by atomic mass is 10.1. The van der Waals surface area contributed by atoms with E-state index >= 15 is 0 Å². The van der Waals surface area contributed by atoms with Crippen molar-refractivity contribution in [3.05, 3.63) is 65.5 Å². The van der Waals surface area contributed by atoms with Crippen LogP contribution >= 0.6 is 0 Å². The Morgan fingerprint density at radius 1 is 1.16 bits per heavy atom. The van der Waals surface area contributed by atoms with Gasteiger partial charge in [-0.3, -0.25) is 9.36 Å². The molecule has 0 aliphatic carbocycles. The minimum atomic E-state index is -0.116. The molecule has 0 radical (unpaired) electrons. The molecule has 0 bridgehead atoms. The summed E-state index contributed by atoms with van der Waals surface area (Å²) in [6.45, 7) is 2.84. The number of aryl methyl sites for hydroxylation is 1. The number of rotatable bonds is 4. The van der Waals surface area contributed by atoms with E-state index in [1.165, 1.54) is 5.56 Å². The number of ether oxygens (including phenoxy) is 1. The van der Waals surface area contributed by atoms with Crippen molar-refractivity contribution in [3.63, 3.8) is 0 Å². The number of para-hydroxylation sites is 2. The fourth-order valence-corrected chi connectivity index (χ4v) is 3.44. The van der Waals surface area contributed by atoms with Crippen molar-refractivity contribution in [3.8, 4) is 0 Å². The van der Waals surface area contributed by atoms with Gasteiger partial charge in [0.2, 0.25) is 5.78 Å². The zero-order valence-corrected chi connectivity index (χ0v) is 14.4. The van der Waals surface area contributed by atoms with E-state index in [0.717, 1.165) is 43.3 Å². The first kappa shape index (κ1) is 16.0. The van der Waals surface area contributed by atoms with E-state index in [2.05, 4.69) is 11.9 Å². The summed E-state index contributed by atoms with van der Waals surface area (Å²) in [5.41, 5.74) is 3.69. The highest BCUT2D eigenvalue weighted by Crippen LogP contribution is 2.29. The van der Waals surface area contributed by atoms with Crippen LogP contribution in [-0.4, -0.2) is 21.9 Å². The van der Waals surface area contributed by atoms with Gasteiger partial charge in [0.15, 0.2) is 5.82 Å². The lowest BCUT2D eigenvalue weighted by molar-refractivity contribution is -0.0304. The lowest BCUT2D eigenvalue weighted by Crippen LogP contribution is -2.22. The van der Waals surface area contributed by atoms with Crippen LogP contribution < -0.4 is 0 Å². The molecule has 1 saturated heterocycles. The van der Waals surface area contributed by atoms with Crippen molar-refractivity contribution < 1.29 is 9.53 Å². The molecule has 2 aromatic carbocycles. The largest absolute Gasteiger partial charge is 0.358 e. The van der Waals surface area contributed by atoms with E-state index in [1.54, 1.807) is 0 Å². The summed E-state index contributed by atoms with van der Waals surface area (Å²) in [6, 6.07) is 15.7. The third kappa shape index (κ3) is 2.98. The molecule has 128 valence electrons. The van der Waals surface area contributed by atoms with E-state index in [9.17, 15) is 4.79 Å². The van der Waals surface area contributed by atoms with Crippen LogP contribution in [0.5, 0.6) is 0 Å². The van der Waals surface area contributed by atoms with Gasteiger partial charge in [0.05, 0.1) is 11.0 Å². The number of imidazole rings is 1. The first-order chi connectivity index (χ1) is 12.3. The molecule has 0 N–H and O–H groups in total. The third-order valence-electron chi connectivity index (χ3n) is 4.87. The Bertz CT molecular complexity index is 890. The van der Waals surface area contributed by atoms with E-state index in [1.807, 2.05) is 53.1 Å². The number of carbonyl (C=O) groups is 1. The Labute approximate surface area is 147 Å². The van der Waals surface area contributed by atoms with Gasteiger partial charge in [0, 0.05) is 12.2 Å². The Balaban J connectivity index is 1.80. The SMILES string of the molecule is CCc1ccc(C(=O)c2nc3ccccc3n2C2CCCCO2)cc1. The molecule has 0 saturated carbocycles. The fraction of sp³-hybridized carbons (Fsp3) is 0.333. The number of hydrogen-bond donors (Lipinski definition) is 0. The van der Waals surface area contributed by atoms with Crippen molar-refractivity contribution in [1.82, 2.24) is 9.55 Å². The van der Waals surface area contributed by atoms with E-state index in [-0.39, 0.29) is 12.0 Å². The topological polar surface area (TPSA) is 44.1 Å². The maximum Gasteiger partial charge on any atom is 0.228 e. The first-order valence-electron chi connectivity index (χ1n) is 9.00. The second kappa shape index (κ2) is 6.81. The van der Waals surface area contributed by atoms with Gasteiger partial charge < -0.3 is 4.74 Å². The molecule has 4 rings (SSSR count). The molecule has 1 aromatic heterocycles. The normalized spacial score (nSPS) is 17.7. The molecule has 2 heterocycles. The predicted molar refractivity (Wildman–Crippen MR) is 97.8 cm³/mol. The number of carbonyl (C=O) groups excluding carboxylic acids is 1. The van der Waals surface area contributed by atoms with Gasteiger partial charge in [0.1, 0.15) is 6.23 Å². The smallest absolute Gasteiger partial charge is 0.228 e. The maximum atomic E-state index is 13.1. The predicted octanol–water partition coefficient (Wildman–Crippen LogP) is 4.53. The quantitative estimate of drug-likeness (QED) is 0.659. The Morgan fingerprint density at radius 2 is 1.96 bits per heavy atom. The summed E-state index contributed by atoms with van der Waals surface area (Å²) in [7, 11) is 0. The minimum absolute atomic E-state index is 0.0481. The van der Waals surface area contributed by atoms with Gasteiger partial charge in [-0.1, -0.05) is 43.3 Å². The standard InChI is InChI=1S/C21H22N2O2/c1-2-15-10-12-16(13-11-15)20(24)21-22-17-7-3-4-8-18(17)23(21)19-9-5-6-14-25-19/h3-4,7-8,10-13,19H,2,5-6,9,14H2,1H3. The van der Waals surface area contributed by atoms with Crippen molar-refractivity contribution in [2.24, 2.45) is 0 Å². The number of hydrogen-bond acceptors (Lipinski definition) is 3. The molecule has 4 nitrogen and oxygen atoms in total. The van der Waals surface area contributed by atoms with Crippen LogP contribution in [0.25, 0.3) is 11.0 Å². The van der Waals surface area contributed by atoms with Crippen molar-refractivity contribution in [1.29, 1.82) is 0 Å². The highest BCUT2D eigenvalue weighted by atomic mass is 16.5. The van der Waals surface area contributed by atoms with Gasteiger partial charge in [-0.2, -0.15) is 0 Å². The molecule has 0 spiro atoms. The van der Waals surface area contributed by atoms with Gasteiger partial charge >= 0.3 is 0 Å². The van der Waals surface area contributed by atoms with Gasteiger partial charge in [-0.25, -0.2) is 4.98 Å². The molecule has 1 unspecified atom stereocenters. The average Bonchev–Trinajstić information content (AvgIpc) is 3.07. The Morgan fingerprint density at radius 3 is 2.68 bits per heavy atom. The van der Waals surface area contributed by atoms with Crippen LogP contribution in [0.2, 0.25) is 0 Å². The van der Waals surface area contributed by atoms with Crippen molar-refractivity contribution >= 4 is 16.8 Å². The van der Waals surface area contributed by atoms with Gasteiger partial charge in [-0.15, -0.1) is 0 Å². The van der Waals surface area contributed by atoms with E-state index < -0.39 is 0 Å². The summed E-state index contributed by atoms with van der Waals surface area (Å²) in [4.78, 5) is 17.8. The van der Waals surface area contributed by atoms with Gasteiger partial charge in [0.25, 0.3) is 0 Å². The molecule has 3 aromatic rings. The number of benzene rings is 2. The summed E-state index contributed by atoms with van der Waals surface area (Å²) < 4.78 is 7.96. The van der Waals surface area contributed by atoms with Crippen molar-refractivity contribution in [2.75, 3.05) is 6.61 Å². The molecular formula is C21H22N2O2. The summed E-state index contributed by atoms with van der Waals surface area (Å²) in [5.74, 6) is 0.422. The van der Waals surface area contributed by atoms with E-state index in [4.69, 9.17) is 4.74 Å². The van der Waals surface area contributed by atoms with Crippen molar-refractivity contribution in [2.45, 2.75) is 38.8 Å². The molecule has 1 aliphatic rings. The summed E-state index contributed by atoms with van der Waals surface area (Å²) in [6.07, 6.45) is 3.94. The number of nitrogens with zero attached hydrogens (tertiary/aromatic N) is 2. The van der Waals surface area contributed by atoms with Crippen LogP contribution in [0.4, 0.5) is 0 Å².